The first-order valence-electron chi connectivity index (χ1n) is 12.3. The van der Waals surface area contributed by atoms with Gasteiger partial charge in [0.1, 0.15) is 41.3 Å². The molecule has 0 radical (unpaired) electrons. The highest BCUT2D eigenvalue weighted by molar-refractivity contribution is 6.76. The lowest BCUT2D eigenvalue weighted by Crippen LogP contribution is -2.36. The second kappa shape index (κ2) is 11.8. The van der Waals surface area contributed by atoms with Gasteiger partial charge in [0.2, 0.25) is 0 Å². The molecule has 12 heteroatoms. The van der Waals surface area contributed by atoms with E-state index in [1.165, 1.54) is 12.1 Å². The van der Waals surface area contributed by atoms with Crippen LogP contribution < -0.4 is 5.32 Å². The number of amides is 1. The standard InChI is InChI=1S/C26H34ClFN6O3Si/c1-17(14-34-8-7-22(32-34)18-11-20(27)19(13-29)21(28)12-18)30-24(35)23-15-33(25(31-23)26(2,3)36)16-37-9-10-38(4,5)6/h7-8,11-12,15,17,36H,9-10,14,16H2,1-6H3,(H,30,35). The van der Waals surface area contributed by atoms with Gasteiger partial charge < -0.3 is 19.7 Å². The Bertz CT molecular complexity index is 1310. The highest BCUT2D eigenvalue weighted by Gasteiger charge is 2.26. The Balaban J connectivity index is 1.66. The zero-order valence-corrected chi connectivity index (χ0v) is 24.3. The third-order valence-corrected chi connectivity index (χ3v) is 7.71. The third kappa shape index (κ3) is 7.74. The van der Waals surface area contributed by atoms with Crippen molar-refractivity contribution in [3.63, 3.8) is 0 Å². The molecule has 204 valence electrons. The van der Waals surface area contributed by atoms with Gasteiger partial charge in [0.15, 0.2) is 0 Å². The van der Waals surface area contributed by atoms with Gasteiger partial charge in [-0.3, -0.25) is 9.48 Å². The Morgan fingerprint density at radius 1 is 1.37 bits per heavy atom. The summed E-state index contributed by atoms with van der Waals surface area (Å²) in [6.07, 6.45) is 3.29. The molecule has 0 spiro atoms. The molecule has 9 nitrogen and oxygen atoms in total. The van der Waals surface area contributed by atoms with Crippen molar-refractivity contribution in [2.75, 3.05) is 6.61 Å². The molecule has 0 fully saturated rings. The largest absolute Gasteiger partial charge is 0.383 e. The van der Waals surface area contributed by atoms with Crippen LogP contribution in [0.3, 0.4) is 0 Å². The molecule has 0 bridgehead atoms. The van der Waals surface area contributed by atoms with Crippen LogP contribution >= 0.6 is 11.6 Å². The molecule has 0 aliphatic rings. The van der Waals surface area contributed by atoms with Crippen LogP contribution in [0, 0.1) is 17.1 Å². The van der Waals surface area contributed by atoms with Crippen molar-refractivity contribution >= 4 is 25.6 Å². The van der Waals surface area contributed by atoms with Crippen LogP contribution in [-0.2, 0) is 23.6 Å². The molecule has 2 N–H and O–H groups in total. The fraction of sp³-hybridized carbons (Fsp3) is 0.462. The van der Waals surface area contributed by atoms with Crippen LogP contribution in [0.4, 0.5) is 4.39 Å². The van der Waals surface area contributed by atoms with Crippen molar-refractivity contribution in [2.45, 2.75) is 71.4 Å². The second-order valence-electron chi connectivity index (χ2n) is 11.1. The quantitative estimate of drug-likeness (QED) is 0.258. The zero-order chi connectivity index (χ0) is 28.3. The van der Waals surface area contributed by atoms with Gasteiger partial charge in [-0.25, -0.2) is 9.37 Å². The molecule has 0 aliphatic heterocycles. The van der Waals surface area contributed by atoms with Crippen LogP contribution in [-0.4, -0.2) is 51.1 Å². The summed E-state index contributed by atoms with van der Waals surface area (Å²) in [5, 5.41) is 26.9. The Kier molecular flexibility index (Phi) is 9.15. The number of ether oxygens (including phenoxy) is 1. The van der Waals surface area contributed by atoms with E-state index in [4.69, 9.17) is 21.6 Å². The number of nitrogens with one attached hydrogen (secondary N) is 1. The number of benzene rings is 1. The first-order chi connectivity index (χ1) is 17.7. The summed E-state index contributed by atoms with van der Waals surface area (Å²) in [4.78, 5) is 17.3. The Morgan fingerprint density at radius 3 is 2.68 bits per heavy atom. The van der Waals surface area contributed by atoms with Gasteiger partial charge in [-0.15, -0.1) is 0 Å². The minimum atomic E-state index is -1.26. The van der Waals surface area contributed by atoms with E-state index in [1.807, 2.05) is 6.92 Å². The Labute approximate surface area is 228 Å². The van der Waals surface area contributed by atoms with Crippen LogP contribution in [0.1, 0.15) is 42.6 Å². The normalized spacial score (nSPS) is 12.8. The summed E-state index contributed by atoms with van der Waals surface area (Å²) in [6.45, 7) is 13.0. The van der Waals surface area contributed by atoms with E-state index in [1.54, 1.807) is 47.6 Å². The molecule has 0 saturated heterocycles. The smallest absolute Gasteiger partial charge is 0.271 e. The molecule has 0 saturated carbocycles. The monoisotopic (exact) mass is 560 g/mol. The van der Waals surface area contributed by atoms with Gasteiger partial charge in [0.05, 0.1) is 17.3 Å². The summed E-state index contributed by atoms with van der Waals surface area (Å²) in [5.74, 6) is -0.762. The number of hydrogen-bond donors (Lipinski definition) is 2. The first-order valence-corrected chi connectivity index (χ1v) is 16.4. The summed E-state index contributed by atoms with van der Waals surface area (Å²) in [5.41, 5.74) is -0.368. The number of nitriles is 1. The number of rotatable bonds is 11. The summed E-state index contributed by atoms with van der Waals surface area (Å²) < 4.78 is 23.2. The molecule has 3 rings (SSSR count). The first kappa shape index (κ1) is 29.5. The fourth-order valence-electron chi connectivity index (χ4n) is 3.72. The van der Waals surface area contributed by atoms with Crippen LogP contribution in [0.15, 0.2) is 30.6 Å². The molecule has 1 unspecified atom stereocenters. The molecule has 1 aromatic carbocycles. The van der Waals surface area contributed by atoms with Gasteiger partial charge in [0, 0.05) is 38.7 Å². The van der Waals surface area contributed by atoms with Crippen molar-refractivity contribution in [3.05, 3.63) is 58.5 Å². The van der Waals surface area contributed by atoms with Crippen LogP contribution in [0.2, 0.25) is 30.7 Å². The van der Waals surface area contributed by atoms with Gasteiger partial charge in [0.25, 0.3) is 5.91 Å². The lowest BCUT2D eigenvalue weighted by molar-refractivity contribution is 0.0412. The molecular formula is C26H34ClFN6O3Si. The predicted octanol–water partition coefficient (Wildman–Crippen LogP) is 4.77. The van der Waals surface area contributed by atoms with E-state index < -0.39 is 25.4 Å². The fourth-order valence-corrected chi connectivity index (χ4v) is 4.73. The topological polar surface area (TPSA) is 118 Å². The maximum absolute atomic E-state index is 14.1. The van der Waals surface area contributed by atoms with Gasteiger partial charge in [-0.2, -0.15) is 10.4 Å². The van der Waals surface area contributed by atoms with E-state index in [9.17, 15) is 14.3 Å². The third-order valence-electron chi connectivity index (χ3n) is 5.71. The van der Waals surface area contributed by atoms with E-state index in [-0.39, 0.29) is 29.1 Å². The molecule has 2 aromatic heterocycles. The predicted molar refractivity (Wildman–Crippen MR) is 146 cm³/mol. The number of halogens is 2. The maximum Gasteiger partial charge on any atom is 0.271 e. The Hall–Kier alpha value is -3.04. The molecule has 1 atom stereocenters. The van der Waals surface area contributed by atoms with E-state index in [2.05, 4.69) is 35.0 Å². The lowest BCUT2D eigenvalue weighted by atomic mass is 10.1. The Morgan fingerprint density at radius 2 is 2.08 bits per heavy atom. The van der Waals surface area contributed by atoms with Gasteiger partial charge >= 0.3 is 0 Å². The van der Waals surface area contributed by atoms with E-state index in [0.717, 1.165) is 6.04 Å². The molecular weight excluding hydrogens is 527 g/mol. The maximum atomic E-state index is 14.1. The average molecular weight is 561 g/mol. The molecule has 0 aliphatic carbocycles. The van der Waals surface area contributed by atoms with Crippen molar-refractivity contribution in [1.29, 1.82) is 5.26 Å². The van der Waals surface area contributed by atoms with Crippen molar-refractivity contribution in [1.82, 2.24) is 24.6 Å². The number of aliphatic hydroxyl groups is 1. The second-order valence-corrected chi connectivity index (χ2v) is 17.1. The van der Waals surface area contributed by atoms with Crippen LogP contribution in [0.25, 0.3) is 11.3 Å². The summed E-state index contributed by atoms with van der Waals surface area (Å²) in [7, 11) is -1.24. The number of carbonyl (C=O) groups is 1. The molecule has 3 aromatic rings. The summed E-state index contributed by atoms with van der Waals surface area (Å²) >= 11 is 6.01. The van der Waals surface area contributed by atoms with Gasteiger partial charge in [-0.05, 0) is 45.0 Å². The highest BCUT2D eigenvalue weighted by atomic mass is 35.5. The van der Waals surface area contributed by atoms with E-state index in [0.29, 0.717) is 30.2 Å². The van der Waals surface area contributed by atoms with Crippen molar-refractivity contribution < 1.29 is 19.0 Å². The minimum absolute atomic E-state index is 0.0176. The molecule has 38 heavy (non-hydrogen) atoms. The number of nitrogens with zero attached hydrogens (tertiary/aromatic N) is 5. The number of hydrogen-bond acceptors (Lipinski definition) is 6. The minimum Gasteiger partial charge on any atom is -0.383 e. The van der Waals surface area contributed by atoms with Crippen molar-refractivity contribution in [2.24, 2.45) is 0 Å². The average Bonchev–Trinajstić information content (AvgIpc) is 3.43. The lowest BCUT2D eigenvalue weighted by Gasteiger charge is -2.19. The van der Waals surface area contributed by atoms with Crippen LogP contribution in [0.5, 0.6) is 0 Å². The number of carbonyl (C=O) groups excluding carboxylic acids is 1. The SMILES string of the molecule is CC(Cn1ccc(-c2cc(F)c(C#N)c(Cl)c2)n1)NC(=O)c1cn(COCC[Si](C)(C)C)c(C(C)(C)O)n1. The number of aromatic nitrogens is 4. The number of imidazole rings is 1. The zero-order valence-electron chi connectivity index (χ0n) is 22.5. The molecule has 2 heterocycles. The van der Waals surface area contributed by atoms with E-state index >= 15 is 0 Å². The summed E-state index contributed by atoms with van der Waals surface area (Å²) in [6, 6.07) is 6.83. The highest BCUT2D eigenvalue weighted by Crippen LogP contribution is 2.27. The van der Waals surface area contributed by atoms with Gasteiger partial charge in [-0.1, -0.05) is 31.2 Å². The molecule has 1 amide bonds. The van der Waals surface area contributed by atoms with Crippen molar-refractivity contribution in [3.8, 4) is 17.3 Å².